The molecule has 0 spiro atoms. The predicted octanol–water partition coefficient (Wildman–Crippen LogP) is 4.71. The van der Waals surface area contributed by atoms with E-state index in [2.05, 4.69) is 18.2 Å². The first-order chi connectivity index (χ1) is 13.2. The molecule has 0 N–H and O–H groups in total. The number of thioether (sulfide) groups is 1. The topological polar surface area (TPSA) is 47.8 Å². The third-order valence-electron chi connectivity index (χ3n) is 5.16. The lowest BCUT2D eigenvalue weighted by Crippen LogP contribution is -2.20. The van der Waals surface area contributed by atoms with Gasteiger partial charge in [-0.2, -0.15) is 0 Å². The Morgan fingerprint density at radius 3 is 2.89 bits per heavy atom. The molecule has 0 bridgehead atoms. The van der Waals surface area contributed by atoms with E-state index in [1.807, 2.05) is 25.2 Å². The molecule has 0 saturated heterocycles. The highest BCUT2D eigenvalue weighted by Crippen LogP contribution is 2.34. The molecule has 1 aliphatic rings. The molecule has 0 atom stereocenters. The van der Waals surface area contributed by atoms with Crippen LogP contribution in [0.5, 0.6) is 0 Å². The standard InChI is InChI=1S/C21H19N3OS2/c1-24-20(25)18-15-7-3-5-9-17(15)27-19(18)23-21(24)26-12-14-11-10-13-6-2-4-8-16(13)22-14/h2,4,6,8,10-11H,3,5,7,9,12H2,1H3. The molecule has 1 aromatic carbocycles. The summed E-state index contributed by atoms with van der Waals surface area (Å²) in [6.07, 6.45) is 4.49. The normalized spacial score (nSPS) is 14.0. The van der Waals surface area contributed by atoms with E-state index in [1.165, 1.54) is 23.3 Å². The number of rotatable bonds is 3. The van der Waals surface area contributed by atoms with Crippen LogP contribution >= 0.6 is 23.1 Å². The number of aromatic nitrogens is 3. The fourth-order valence-electron chi connectivity index (χ4n) is 3.72. The third-order valence-corrected chi connectivity index (χ3v) is 7.41. The largest absolute Gasteiger partial charge is 0.290 e. The van der Waals surface area contributed by atoms with Gasteiger partial charge in [0.2, 0.25) is 0 Å². The van der Waals surface area contributed by atoms with Gasteiger partial charge >= 0.3 is 0 Å². The lowest BCUT2D eigenvalue weighted by molar-refractivity contribution is 0.695. The van der Waals surface area contributed by atoms with Crippen molar-refractivity contribution in [3.05, 3.63) is 62.9 Å². The van der Waals surface area contributed by atoms with E-state index in [0.29, 0.717) is 5.75 Å². The summed E-state index contributed by atoms with van der Waals surface area (Å²) in [5.41, 5.74) is 3.34. The first-order valence-corrected chi connectivity index (χ1v) is 11.0. The Labute approximate surface area is 165 Å². The number of nitrogens with zero attached hydrogens (tertiary/aromatic N) is 3. The van der Waals surface area contributed by atoms with Gasteiger partial charge in [0.1, 0.15) is 4.83 Å². The lowest BCUT2D eigenvalue weighted by Gasteiger charge is -2.11. The number of hydrogen-bond donors (Lipinski definition) is 0. The van der Waals surface area contributed by atoms with Gasteiger partial charge < -0.3 is 0 Å². The summed E-state index contributed by atoms with van der Waals surface area (Å²) >= 11 is 3.29. The minimum absolute atomic E-state index is 0.0911. The highest BCUT2D eigenvalue weighted by atomic mass is 32.2. The third kappa shape index (κ3) is 2.97. The van der Waals surface area contributed by atoms with Gasteiger partial charge in [-0.1, -0.05) is 36.0 Å². The molecule has 6 heteroatoms. The van der Waals surface area contributed by atoms with Crippen LogP contribution in [-0.4, -0.2) is 14.5 Å². The second kappa shape index (κ2) is 6.77. The van der Waals surface area contributed by atoms with E-state index < -0.39 is 0 Å². The van der Waals surface area contributed by atoms with Crippen molar-refractivity contribution in [3.8, 4) is 0 Å². The second-order valence-corrected chi connectivity index (χ2v) is 8.96. The van der Waals surface area contributed by atoms with Crippen molar-refractivity contribution in [1.82, 2.24) is 14.5 Å². The maximum Gasteiger partial charge on any atom is 0.262 e. The van der Waals surface area contributed by atoms with Gasteiger partial charge in [0.05, 0.1) is 16.6 Å². The van der Waals surface area contributed by atoms with Crippen LogP contribution in [0.25, 0.3) is 21.1 Å². The van der Waals surface area contributed by atoms with E-state index in [1.54, 1.807) is 27.7 Å². The number of thiophene rings is 1. The van der Waals surface area contributed by atoms with Crippen molar-refractivity contribution in [2.24, 2.45) is 7.05 Å². The first-order valence-electron chi connectivity index (χ1n) is 9.19. The maximum absolute atomic E-state index is 13.0. The Morgan fingerprint density at radius 2 is 1.96 bits per heavy atom. The van der Waals surface area contributed by atoms with Crippen molar-refractivity contribution in [2.75, 3.05) is 0 Å². The van der Waals surface area contributed by atoms with Crippen molar-refractivity contribution >= 4 is 44.2 Å². The number of aryl methyl sites for hydroxylation is 2. The Kier molecular flexibility index (Phi) is 4.25. The van der Waals surface area contributed by atoms with Crippen molar-refractivity contribution in [2.45, 2.75) is 36.6 Å². The molecule has 4 aromatic rings. The zero-order chi connectivity index (χ0) is 18.4. The van der Waals surface area contributed by atoms with E-state index in [4.69, 9.17) is 9.97 Å². The number of hydrogen-bond acceptors (Lipinski definition) is 5. The quantitative estimate of drug-likeness (QED) is 0.373. The maximum atomic E-state index is 13.0. The molecule has 0 saturated carbocycles. The molecule has 0 amide bonds. The van der Waals surface area contributed by atoms with E-state index in [-0.39, 0.29) is 5.56 Å². The molecule has 0 aliphatic heterocycles. The molecule has 3 aromatic heterocycles. The summed E-state index contributed by atoms with van der Waals surface area (Å²) in [5, 5.41) is 2.76. The predicted molar refractivity (Wildman–Crippen MR) is 113 cm³/mol. The minimum atomic E-state index is 0.0911. The van der Waals surface area contributed by atoms with E-state index >= 15 is 0 Å². The van der Waals surface area contributed by atoms with Crippen LogP contribution in [0.4, 0.5) is 0 Å². The Bertz CT molecular complexity index is 1230. The van der Waals surface area contributed by atoms with E-state index in [0.717, 1.165) is 44.8 Å². The lowest BCUT2D eigenvalue weighted by atomic mass is 9.97. The molecule has 1 aliphatic carbocycles. The van der Waals surface area contributed by atoms with Gasteiger partial charge in [-0.15, -0.1) is 11.3 Å². The van der Waals surface area contributed by atoms with Gasteiger partial charge in [0.15, 0.2) is 5.16 Å². The monoisotopic (exact) mass is 393 g/mol. The molecular formula is C21H19N3OS2. The van der Waals surface area contributed by atoms with Gasteiger partial charge in [0.25, 0.3) is 5.56 Å². The van der Waals surface area contributed by atoms with E-state index in [9.17, 15) is 4.79 Å². The molecular weight excluding hydrogens is 374 g/mol. The average Bonchev–Trinajstić information content (AvgIpc) is 3.08. The van der Waals surface area contributed by atoms with Crippen LogP contribution in [0.2, 0.25) is 0 Å². The zero-order valence-electron chi connectivity index (χ0n) is 15.1. The summed E-state index contributed by atoms with van der Waals surface area (Å²) in [6.45, 7) is 0. The van der Waals surface area contributed by atoms with Gasteiger partial charge in [-0.05, 0) is 43.4 Å². The smallest absolute Gasteiger partial charge is 0.262 e. The number of para-hydroxylation sites is 1. The van der Waals surface area contributed by atoms with Gasteiger partial charge in [-0.3, -0.25) is 14.3 Å². The Morgan fingerprint density at radius 1 is 1.11 bits per heavy atom. The molecule has 0 unspecified atom stereocenters. The highest BCUT2D eigenvalue weighted by molar-refractivity contribution is 7.98. The van der Waals surface area contributed by atoms with Crippen LogP contribution in [-0.2, 0) is 25.6 Å². The Balaban J connectivity index is 1.49. The Hall–Kier alpha value is -2.18. The minimum Gasteiger partial charge on any atom is -0.290 e. The number of pyridine rings is 1. The molecule has 3 heterocycles. The van der Waals surface area contributed by atoms with Crippen LogP contribution in [0.15, 0.2) is 46.3 Å². The number of fused-ring (bicyclic) bond motifs is 4. The van der Waals surface area contributed by atoms with Crippen molar-refractivity contribution in [3.63, 3.8) is 0 Å². The molecule has 136 valence electrons. The second-order valence-electron chi connectivity index (χ2n) is 6.93. The average molecular weight is 394 g/mol. The molecule has 0 radical (unpaired) electrons. The summed E-state index contributed by atoms with van der Waals surface area (Å²) in [7, 11) is 1.83. The SMILES string of the molecule is Cn1c(SCc2ccc3ccccc3n2)nc2sc3c(c2c1=O)CCCC3. The number of benzene rings is 1. The van der Waals surface area contributed by atoms with Crippen LogP contribution < -0.4 is 5.56 Å². The zero-order valence-corrected chi connectivity index (χ0v) is 16.7. The molecule has 5 rings (SSSR count). The highest BCUT2D eigenvalue weighted by Gasteiger charge is 2.21. The summed E-state index contributed by atoms with van der Waals surface area (Å²) in [5.74, 6) is 0.696. The fourth-order valence-corrected chi connectivity index (χ4v) is 5.90. The summed E-state index contributed by atoms with van der Waals surface area (Å²) in [4.78, 5) is 24.8. The van der Waals surface area contributed by atoms with Crippen molar-refractivity contribution in [1.29, 1.82) is 0 Å². The molecule has 27 heavy (non-hydrogen) atoms. The van der Waals surface area contributed by atoms with Crippen molar-refractivity contribution < 1.29 is 0 Å². The van der Waals surface area contributed by atoms with Crippen LogP contribution in [0.1, 0.15) is 29.0 Å². The summed E-state index contributed by atoms with van der Waals surface area (Å²) < 4.78 is 1.70. The van der Waals surface area contributed by atoms with Crippen LogP contribution in [0, 0.1) is 0 Å². The first kappa shape index (κ1) is 17.0. The van der Waals surface area contributed by atoms with Gasteiger partial charge in [0, 0.05) is 23.1 Å². The van der Waals surface area contributed by atoms with Gasteiger partial charge in [-0.25, -0.2) is 4.98 Å². The molecule has 4 nitrogen and oxygen atoms in total. The summed E-state index contributed by atoms with van der Waals surface area (Å²) in [6, 6.07) is 12.3. The molecule has 0 fully saturated rings. The van der Waals surface area contributed by atoms with Crippen LogP contribution in [0.3, 0.4) is 0 Å². The fraction of sp³-hybridized carbons (Fsp3) is 0.286.